The number of amides is 2. The van der Waals surface area contributed by atoms with Crippen LogP contribution in [0, 0.1) is 6.92 Å². The predicted octanol–water partition coefficient (Wildman–Crippen LogP) is 2.15. The molecule has 0 aliphatic carbocycles. The summed E-state index contributed by atoms with van der Waals surface area (Å²) in [5.74, 6) is -0.474. The number of ether oxygens (including phenoxy) is 1. The molecule has 0 spiro atoms. The maximum absolute atomic E-state index is 12.1. The fraction of sp³-hybridized carbons (Fsp3) is 0.294. The van der Waals surface area contributed by atoms with Crippen LogP contribution in [0.1, 0.15) is 29.0 Å². The number of nitrogens with one attached hydrogen (secondary N) is 2. The molecule has 2 aromatic rings. The molecule has 1 atom stereocenters. The van der Waals surface area contributed by atoms with Gasteiger partial charge in [0.2, 0.25) is 0 Å². The summed E-state index contributed by atoms with van der Waals surface area (Å²) >= 11 is 0. The number of benzene rings is 1. The minimum absolute atomic E-state index is 0.140. The summed E-state index contributed by atoms with van der Waals surface area (Å²) in [4.78, 5) is 32.1. The van der Waals surface area contributed by atoms with Crippen molar-refractivity contribution in [1.29, 1.82) is 0 Å². The highest BCUT2D eigenvalue weighted by molar-refractivity contribution is 6.02. The van der Waals surface area contributed by atoms with E-state index < -0.39 is 0 Å². The second kappa shape index (κ2) is 7.18. The Balaban J connectivity index is 1.58. The second-order valence-corrected chi connectivity index (χ2v) is 5.57. The standard InChI is InChI=1S/C17H18N4O3/c1-11-9-19-14(10-18-11)16(22)20-12-4-6-13(7-5-12)21-17(23)15-3-2-8-24-15/h4-7,9-10,15H,2-3,8H2,1H3,(H,20,22)(H,21,23)/t15-/m1/s1. The van der Waals surface area contributed by atoms with Crippen LogP contribution in [0.2, 0.25) is 0 Å². The van der Waals surface area contributed by atoms with Crippen molar-refractivity contribution in [3.05, 3.63) is 48.0 Å². The fourth-order valence-corrected chi connectivity index (χ4v) is 2.35. The lowest BCUT2D eigenvalue weighted by molar-refractivity contribution is -0.124. The van der Waals surface area contributed by atoms with Gasteiger partial charge >= 0.3 is 0 Å². The van der Waals surface area contributed by atoms with E-state index in [-0.39, 0.29) is 23.6 Å². The van der Waals surface area contributed by atoms with Gasteiger partial charge in [0.05, 0.1) is 11.9 Å². The first-order chi connectivity index (χ1) is 11.6. The largest absolute Gasteiger partial charge is 0.368 e. The average Bonchev–Trinajstić information content (AvgIpc) is 3.12. The zero-order chi connectivity index (χ0) is 16.9. The van der Waals surface area contributed by atoms with Crippen molar-refractivity contribution in [1.82, 2.24) is 9.97 Å². The molecule has 1 fully saturated rings. The molecule has 2 N–H and O–H groups in total. The molecule has 0 bridgehead atoms. The number of nitrogens with zero attached hydrogens (tertiary/aromatic N) is 2. The molecule has 24 heavy (non-hydrogen) atoms. The molecule has 0 saturated carbocycles. The van der Waals surface area contributed by atoms with Crippen molar-refractivity contribution in [2.24, 2.45) is 0 Å². The number of rotatable bonds is 4. The molecular formula is C17H18N4O3. The third-order valence-electron chi connectivity index (χ3n) is 3.65. The first-order valence-corrected chi connectivity index (χ1v) is 7.74. The average molecular weight is 326 g/mol. The number of hydrogen-bond donors (Lipinski definition) is 2. The molecule has 1 saturated heterocycles. The molecule has 2 heterocycles. The van der Waals surface area contributed by atoms with Gasteiger partial charge < -0.3 is 15.4 Å². The molecule has 1 aliphatic rings. The van der Waals surface area contributed by atoms with E-state index >= 15 is 0 Å². The molecule has 1 aliphatic heterocycles. The quantitative estimate of drug-likeness (QED) is 0.898. The van der Waals surface area contributed by atoms with Gasteiger partial charge in [-0.05, 0) is 44.0 Å². The zero-order valence-electron chi connectivity index (χ0n) is 13.3. The third kappa shape index (κ3) is 3.94. The van der Waals surface area contributed by atoms with Crippen molar-refractivity contribution < 1.29 is 14.3 Å². The Labute approximate surface area is 139 Å². The first-order valence-electron chi connectivity index (χ1n) is 7.74. The summed E-state index contributed by atoms with van der Waals surface area (Å²) < 4.78 is 5.34. The Hall–Kier alpha value is -2.80. The van der Waals surface area contributed by atoms with Crippen molar-refractivity contribution in [3.63, 3.8) is 0 Å². The van der Waals surface area contributed by atoms with Crippen molar-refractivity contribution >= 4 is 23.2 Å². The number of aromatic nitrogens is 2. The number of hydrogen-bond acceptors (Lipinski definition) is 5. The van der Waals surface area contributed by atoms with Crippen LogP contribution in [0.3, 0.4) is 0 Å². The Morgan fingerprint density at radius 1 is 1.08 bits per heavy atom. The van der Waals surface area contributed by atoms with Gasteiger partial charge in [-0.1, -0.05) is 0 Å². The van der Waals surface area contributed by atoms with Crippen molar-refractivity contribution in [3.8, 4) is 0 Å². The zero-order valence-corrected chi connectivity index (χ0v) is 13.3. The Morgan fingerprint density at radius 2 is 1.79 bits per heavy atom. The van der Waals surface area contributed by atoms with E-state index in [0.29, 0.717) is 18.0 Å². The summed E-state index contributed by atoms with van der Waals surface area (Å²) in [6, 6.07) is 6.88. The molecule has 0 unspecified atom stereocenters. The van der Waals surface area contributed by atoms with E-state index in [0.717, 1.165) is 18.5 Å². The van der Waals surface area contributed by atoms with Crippen LogP contribution in [-0.4, -0.2) is 34.5 Å². The SMILES string of the molecule is Cc1cnc(C(=O)Nc2ccc(NC(=O)[C@H]3CCCO3)cc2)cn1. The number of carbonyl (C=O) groups is 2. The first kappa shape index (κ1) is 16.1. The Bertz CT molecular complexity index is 723. The highest BCUT2D eigenvalue weighted by Crippen LogP contribution is 2.17. The normalized spacial score (nSPS) is 16.6. The maximum atomic E-state index is 12.1. The summed E-state index contributed by atoms with van der Waals surface area (Å²) in [5.41, 5.74) is 2.26. The van der Waals surface area contributed by atoms with Crippen LogP contribution in [0.25, 0.3) is 0 Å². The number of carbonyl (C=O) groups excluding carboxylic acids is 2. The van der Waals surface area contributed by atoms with E-state index in [4.69, 9.17) is 4.74 Å². The van der Waals surface area contributed by atoms with Gasteiger partial charge in [0, 0.05) is 24.2 Å². The minimum Gasteiger partial charge on any atom is -0.368 e. The van der Waals surface area contributed by atoms with Crippen LogP contribution < -0.4 is 10.6 Å². The van der Waals surface area contributed by atoms with Gasteiger partial charge in [0.25, 0.3) is 11.8 Å². The van der Waals surface area contributed by atoms with E-state index in [2.05, 4.69) is 20.6 Å². The predicted molar refractivity (Wildman–Crippen MR) is 88.8 cm³/mol. The smallest absolute Gasteiger partial charge is 0.275 e. The summed E-state index contributed by atoms with van der Waals surface area (Å²) in [5, 5.41) is 5.54. The molecule has 1 aromatic heterocycles. The molecule has 1 aromatic carbocycles. The van der Waals surface area contributed by atoms with E-state index in [1.807, 2.05) is 0 Å². The van der Waals surface area contributed by atoms with Gasteiger partial charge in [-0.3, -0.25) is 14.6 Å². The highest BCUT2D eigenvalue weighted by Gasteiger charge is 2.23. The van der Waals surface area contributed by atoms with Crippen LogP contribution in [0.5, 0.6) is 0 Å². The summed E-state index contributed by atoms with van der Waals surface area (Å²) in [7, 11) is 0. The van der Waals surface area contributed by atoms with Gasteiger partial charge in [-0.2, -0.15) is 0 Å². The molecule has 2 amide bonds. The van der Waals surface area contributed by atoms with Gasteiger partial charge in [0.1, 0.15) is 11.8 Å². The lowest BCUT2D eigenvalue weighted by Gasteiger charge is -2.11. The topological polar surface area (TPSA) is 93.2 Å². The van der Waals surface area contributed by atoms with Crippen molar-refractivity contribution in [2.45, 2.75) is 25.9 Å². The lowest BCUT2D eigenvalue weighted by Crippen LogP contribution is -2.26. The van der Waals surface area contributed by atoms with Gasteiger partial charge in [-0.15, -0.1) is 0 Å². The van der Waals surface area contributed by atoms with Crippen LogP contribution in [0.4, 0.5) is 11.4 Å². The van der Waals surface area contributed by atoms with Crippen LogP contribution >= 0.6 is 0 Å². The van der Waals surface area contributed by atoms with Crippen molar-refractivity contribution in [2.75, 3.05) is 17.2 Å². The molecule has 7 heteroatoms. The molecular weight excluding hydrogens is 308 g/mol. The molecule has 3 rings (SSSR count). The van der Waals surface area contributed by atoms with Crippen LogP contribution in [-0.2, 0) is 9.53 Å². The molecule has 124 valence electrons. The molecule has 0 radical (unpaired) electrons. The summed E-state index contributed by atoms with van der Waals surface area (Å²) in [6.45, 7) is 2.43. The number of aryl methyl sites for hydroxylation is 1. The highest BCUT2D eigenvalue weighted by atomic mass is 16.5. The summed E-state index contributed by atoms with van der Waals surface area (Å²) in [6.07, 6.45) is 4.26. The molecule has 7 nitrogen and oxygen atoms in total. The maximum Gasteiger partial charge on any atom is 0.275 e. The lowest BCUT2D eigenvalue weighted by atomic mass is 10.2. The Kier molecular flexibility index (Phi) is 4.81. The second-order valence-electron chi connectivity index (χ2n) is 5.57. The van der Waals surface area contributed by atoms with E-state index in [1.54, 1.807) is 37.4 Å². The van der Waals surface area contributed by atoms with Gasteiger partial charge in [0.15, 0.2) is 0 Å². The Morgan fingerprint density at radius 3 is 2.38 bits per heavy atom. The fourth-order valence-electron chi connectivity index (χ4n) is 2.35. The van der Waals surface area contributed by atoms with Crippen LogP contribution in [0.15, 0.2) is 36.7 Å². The van der Waals surface area contributed by atoms with Gasteiger partial charge in [-0.25, -0.2) is 4.98 Å². The van der Waals surface area contributed by atoms with E-state index in [9.17, 15) is 9.59 Å². The monoisotopic (exact) mass is 326 g/mol. The van der Waals surface area contributed by atoms with E-state index in [1.165, 1.54) is 6.20 Å². The number of anilines is 2. The third-order valence-corrected chi connectivity index (χ3v) is 3.65. The minimum atomic E-state index is -0.371.